The maximum Gasteiger partial charge on any atom is 0.129 e. The molecule has 4 nitrogen and oxygen atoms in total. The minimum absolute atomic E-state index is 0.407. The van der Waals surface area contributed by atoms with Crippen LogP contribution in [0.3, 0.4) is 0 Å². The molecule has 0 aliphatic rings. The lowest BCUT2D eigenvalue weighted by Crippen LogP contribution is -2.21. The van der Waals surface area contributed by atoms with Gasteiger partial charge in [0.2, 0.25) is 0 Å². The van der Waals surface area contributed by atoms with Gasteiger partial charge in [0.25, 0.3) is 0 Å². The summed E-state index contributed by atoms with van der Waals surface area (Å²) < 4.78 is 10.5. The Morgan fingerprint density at radius 1 is 1.25 bits per heavy atom. The summed E-state index contributed by atoms with van der Waals surface area (Å²) in [6.45, 7) is 1.41. The minimum atomic E-state index is -0.642. The number of rotatable bonds is 7. The van der Waals surface area contributed by atoms with Gasteiger partial charge in [-0.3, -0.25) is 0 Å². The van der Waals surface area contributed by atoms with Crippen molar-refractivity contribution in [2.75, 3.05) is 13.7 Å². The van der Waals surface area contributed by atoms with Gasteiger partial charge in [0.05, 0.1) is 12.6 Å². The molecular formula is C15H18ClNO3. The number of furan rings is 1. The molecular weight excluding hydrogens is 278 g/mol. The fraction of sp³-hybridized carbons (Fsp3) is 0.333. The first-order valence-corrected chi connectivity index (χ1v) is 6.78. The lowest BCUT2D eigenvalue weighted by Gasteiger charge is -2.13. The van der Waals surface area contributed by atoms with Gasteiger partial charge in [0, 0.05) is 24.2 Å². The molecule has 1 aromatic carbocycles. The maximum absolute atomic E-state index is 10.1. The maximum atomic E-state index is 10.1. The normalized spacial score (nSPS) is 12.6. The Bertz CT molecular complexity index is 541. The second-order valence-electron chi connectivity index (χ2n) is 4.47. The van der Waals surface area contributed by atoms with Crippen LogP contribution in [0.15, 0.2) is 40.8 Å². The molecule has 5 heteroatoms. The van der Waals surface area contributed by atoms with Gasteiger partial charge < -0.3 is 19.6 Å². The fourth-order valence-electron chi connectivity index (χ4n) is 1.92. The predicted molar refractivity (Wildman–Crippen MR) is 77.5 cm³/mol. The average Bonchev–Trinajstić information content (AvgIpc) is 2.87. The first-order valence-electron chi connectivity index (χ1n) is 6.40. The number of nitrogens with one attached hydrogen (secondary N) is 1. The SMILES string of the molecule is COCc1ccc(CNCC(O)c2ccccc2Cl)o1. The van der Waals surface area contributed by atoms with E-state index in [0.717, 1.165) is 17.1 Å². The van der Waals surface area contributed by atoms with Crippen molar-refractivity contribution in [3.05, 3.63) is 58.5 Å². The van der Waals surface area contributed by atoms with Gasteiger partial charge in [0.15, 0.2) is 0 Å². The molecule has 0 radical (unpaired) electrons. The number of hydrogen-bond donors (Lipinski definition) is 2. The molecule has 0 spiro atoms. The largest absolute Gasteiger partial charge is 0.462 e. The van der Waals surface area contributed by atoms with E-state index in [1.165, 1.54) is 0 Å². The van der Waals surface area contributed by atoms with Crippen LogP contribution in [0, 0.1) is 0 Å². The van der Waals surface area contributed by atoms with E-state index in [1.807, 2.05) is 30.3 Å². The number of ether oxygens (including phenoxy) is 1. The van der Waals surface area contributed by atoms with Gasteiger partial charge in [-0.2, -0.15) is 0 Å². The number of aliphatic hydroxyl groups excluding tert-OH is 1. The van der Waals surface area contributed by atoms with E-state index in [4.69, 9.17) is 20.8 Å². The summed E-state index contributed by atoms with van der Waals surface area (Å²) in [5.74, 6) is 1.60. The van der Waals surface area contributed by atoms with Gasteiger partial charge in [-0.05, 0) is 18.2 Å². The minimum Gasteiger partial charge on any atom is -0.462 e. The van der Waals surface area contributed by atoms with Gasteiger partial charge in [-0.25, -0.2) is 0 Å². The van der Waals surface area contributed by atoms with E-state index in [-0.39, 0.29) is 0 Å². The van der Waals surface area contributed by atoms with E-state index in [9.17, 15) is 5.11 Å². The summed E-state index contributed by atoms with van der Waals surface area (Å²) in [5, 5.41) is 13.8. The highest BCUT2D eigenvalue weighted by atomic mass is 35.5. The molecule has 108 valence electrons. The molecule has 1 atom stereocenters. The highest BCUT2D eigenvalue weighted by molar-refractivity contribution is 6.31. The zero-order chi connectivity index (χ0) is 14.4. The summed E-state index contributed by atoms with van der Waals surface area (Å²) in [6.07, 6.45) is -0.642. The average molecular weight is 296 g/mol. The molecule has 1 unspecified atom stereocenters. The number of aliphatic hydroxyl groups is 1. The lowest BCUT2D eigenvalue weighted by atomic mass is 10.1. The molecule has 1 aromatic heterocycles. The summed E-state index contributed by atoms with van der Waals surface area (Å²) in [4.78, 5) is 0. The van der Waals surface area contributed by atoms with E-state index in [2.05, 4.69) is 5.32 Å². The third-order valence-electron chi connectivity index (χ3n) is 2.91. The van der Waals surface area contributed by atoms with Gasteiger partial charge in [-0.1, -0.05) is 29.8 Å². The topological polar surface area (TPSA) is 54.6 Å². The molecule has 0 aliphatic heterocycles. The van der Waals surface area contributed by atoms with Crippen molar-refractivity contribution in [3.63, 3.8) is 0 Å². The van der Waals surface area contributed by atoms with Gasteiger partial charge in [-0.15, -0.1) is 0 Å². The van der Waals surface area contributed by atoms with Crippen LogP contribution in [0.2, 0.25) is 5.02 Å². The third kappa shape index (κ3) is 4.08. The van der Waals surface area contributed by atoms with E-state index < -0.39 is 6.10 Å². The van der Waals surface area contributed by atoms with Gasteiger partial charge in [0.1, 0.15) is 18.1 Å². The zero-order valence-electron chi connectivity index (χ0n) is 11.3. The van der Waals surface area contributed by atoms with Crippen molar-refractivity contribution < 1.29 is 14.3 Å². The quantitative estimate of drug-likeness (QED) is 0.825. The van der Waals surface area contributed by atoms with Crippen LogP contribution in [0.1, 0.15) is 23.2 Å². The molecule has 2 aromatic rings. The van der Waals surface area contributed by atoms with E-state index >= 15 is 0 Å². The Morgan fingerprint density at radius 3 is 2.75 bits per heavy atom. The van der Waals surface area contributed by atoms with Crippen LogP contribution < -0.4 is 5.32 Å². The van der Waals surface area contributed by atoms with Crippen LogP contribution >= 0.6 is 11.6 Å². The predicted octanol–water partition coefficient (Wildman–Crippen LogP) is 2.90. The second kappa shape index (κ2) is 7.45. The van der Waals surface area contributed by atoms with Crippen molar-refractivity contribution in [1.29, 1.82) is 0 Å². The highest BCUT2D eigenvalue weighted by Gasteiger charge is 2.10. The van der Waals surface area contributed by atoms with Crippen LogP contribution in [-0.4, -0.2) is 18.8 Å². The van der Waals surface area contributed by atoms with Crippen LogP contribution in [0.5, 0.6) is 0 Å². The molecule has 0 fully saturated rings. The van der Waals surface area contributed by atoms with Crippen LogP contribution in [0.25, 0.3) is 0 Å². The summed E-state index contributed by atoms with van der Waals surface area (Å²) in [6, 6.07) is 11.1. The smallest absolute Gasteiger partial charge is 0.129 e. The molecule has 1 heterocycles. The fourth-order valence-corrected chi connectivity index (χ4v) is 2.19. The first kappa shape index (κ1) is 15.1. The summed E-state index contributed by atoms with van der Waals surface area (Å²) in [7, 11) is 1.63. The van der Waals surface area contributed by atoms with Crippen molar-refractivity contribution in [1.82, 2.24) is 5.32 Å². The highest BCUT2D eigenvalue weighted by Crippen LogP contribution is 2.21. The van der Waals surface area contributed by atoms with Crippen molar-refractivity contribution in [2.24, 2.45) is 0 Å². The first-order chi connectivity index (χ1) is 9.70. The molecule has 0 amide bonds. The van der Waals surface area contributed by atoms with E-state index in [0.29, 0.717) is 24.7 Å². The molecule has 0 saturated carbocycles. The Kier molecular flexibility index (Phi) is 5.61. The summed E-state index contributed by atoms with van der Waals surface area (Å²) in [5.41, 5.74) is 0.723. The van der Waals surface area contributed by atoms with Crippen molar-refractivity contribution >= 4 is 11.6 Å². The van der Waals surface area contributed by atoms with Crippen LogP contribution in [-0.2, 0) is 17.9 Å². The van der Waals surface area contributed by atoms with Crippen molar-refractivity contribution in [2.45, 2.75) is 19.3 Å². The molecule has 0 saturated heterocycles. The Morgan fingerprint density at radius 2 is 2.00 bits per heavy atom. The molecule has 20 heavy (non-hydrogen) atoms. The zero-order valence-corrected chi connectivity index (χ0v) is 12.1. The van der Waals surface area contributed by atoms with Gasteiger partial charge >= 0.3 is 0 Å². The standard InChI is InChI=1S/C15H18ClNO3/c1-19-10-12-7-6-11(20-12)8-17-9-15(18)13-4-2-3-5-14(13)16/h2-7,15,17-18H,8-10H2,1H3. The Labute approximate surface area is 123 Å². The Balaban J connectivity index is 1.81. The number of benzene rings is 1. The molecule has 0 bridgehead atoms. The Hall–Kier alpha value is -1.33. The summed E-state index contributed by atoms with van der Waals surface area (Å²) >= 11 is 6.03. The van der Waals surface area contributed by atoms with E-state index in [1.54, 1.807) is 13.2 Å². The monoisotopic (exact) mass is 295 g/mol. The number of methoxy groups -OCH3 is 1. The molecule has 2 rings (SSSR count). The molecule has 2 N–H and O–H groups in total. The third-order valence-corrected chi connectivity index (χ3v) is 3.25. The van der Waals surface area contributed by atoms with Crippen molar-refractivity contribution in [3.8, 4) is 0 Å². The second-order valence-corrected chi connectivity index (χ2v) is 4.88. The number of halogens is 1. The van der Waals surface area contributed by atoms with Crippen LogP contribution in [0.4, 0.5) is 0 Å². The lowest BCUT2D eigenvalue weighted by molar-refractivity contribution is 0.160. The number of hydrogen-bond acceptors (Lipinski definition) is 4. The molecule has 0 aliphatic carbocycles.